The molecule has 2 heteroatoms. The Labute approximate surface area is 111 Å². The Morgan fingerprint density at radius 2 is 2.11 bits per heavy atom. The zero-order chi connectivity index (χ0) is 13.1. The number of rotatable bonds is 4. The van der Waals surface area contributed by atoms with E-state index in [0.717, 1.165) is 31.4 Å². The fourth-order valence-electron chi connectivity index (χ4n) is 2.83. The predicted octanol–water partition coefficient (Wildman–Crippen LogP) is 3.68. The maximum absolute atomic E-state index is 10.1. The standard InChI is InChI=1S/C16H25NO/c1-4-6-16(18)14-8-9-15-13(11-14)7-5-10-17(15)12(2)3/h8-9,11-12,16,18H,4-7,10H2,1-3H3. The monoisotopic (exact) mass is 247 g/mol. The number of aliphatic hydroxyl groups is 1. The minimum Gasteiger partial charge on any atom is -0.388 e. The first kappa shape index (κ1) is 13.4. The van der Waals surface area contributed by atoms with E-state index in [1.54, 1.807) is 0 Å². The van der Waals surface area contributed by atoms with E-state index < -0.39 is 0 Å². The average molecular weight is 247 g/mol. The highest BCUT2D eigenvalue weighted by Gasteiger charge is 2.20. The van der Waals surface area contributed by atoms with Crippen LogP contribution in [0.25, 0.3) is 0 Å². The molecule has 18 heavy (non-hydrogen) atoms. The van der Waals surface area contributed by atoms with E-state index in [2.05, 4.69) is 43.9 Å². The van der Waals surface area contributed by atoms with Gasteiger partial charge in [-0.3, -0.25) is 0 Å². The van der Waals surface area contributed by atoms with Crippen molar-refractivity contribution in [3.05, 3.63) is 29.3 Å². The first-order valence-electron chi connectivity index (χ1n) is 7.21. The molecule has 1 N–H and O–H groups in total. The SMILES string of the molecule is CCCC(O)c1ccc2c(c1)CCCN2C(C)C. The van der Waals surface area contributed by atoms with Crippen molar-refractivity contribution in [2.24, 2.45) is 0 Å². The molecule has 1 atom stereocenters. The van der Waals surface area contributed by atoms with E-state index in [9.17, 15) is 5.11 Å². The third kappa shape index (κ3) is 2.69. The molecule has 1 heterocycles. The minimum absolute atomic E-state index is 0.297. The number of benzene rings is 1. The summed E-state index contributed by atoms with van der Waals surface area (Å²) in [5.74, 6) is 0. The van der Waals surface area contributed by atoms with Gasteiger partial charge in [-0.15, -0.1) is 0 Å². The van der Waals surface area contributed by atoms with Gasteiger partial charge in [0.05, 0.1) is 6.10 Å². The Morgan fingerprint density at radius 3 is 2.78 bits per heavy atom. The third-order valence-corrected chi connectivity index (χ3v) is 3.83. The molecule has 2 nitrogen and oxygen atoms in total. The van der Waals surface area contributed by atoms with Crippen LogP contribution in [0.2, 0.25) is 0 Å². The Morgan fingerprint density at radius 1 is 1.33 bits per heavy atom. The van der Waals surface area contributed by atoms with Crippen LogP contribution in [0.4, 0.5) is 5.69 Å². The summed E-state index contributed by atoms with van der Waals surface area (Å²) in [7, 11) is 0. The second-order valence-corrected chi connectivity index (χ2v) is 5.58. The van der Waals surface area contributed by atoms with Crippen LogP contribution in [0.3, 0.4) is 0 Å². The number of fused-ring (bicyclic) bond motifs is 1. The summed E-state index contributed by atoms with van der Waals surface area (Å²) < 4.78 is 0. The number of anilines is 1. The summed E-state index contributed by atoms with van der Waals surface area (Å²) in [6.45, 7) is 7.76. The van der Waals surface area contributed by atoms with E-state index in [0.29, 0.717) is 6.04 Å². The van der Waals surface area contributed by atoms with E-state index in [4.69, 9.17) is 0 Å². The summed E-state index contributed by atoms with van der Waals surface area (Å²) in [5, 5.41) is 10.1. The van der Waals surface area contributed by atoms with Crippen LogP contribution >= 0.6 is 0 Å². The highest BCUT2D eigenvalue weighted by molar-refractivity contribution is 5.57. The normalized spacial score (nSPS) is 16.8. The largest absolute Gasteiger partial charge is 0.388 e. The zero-order valence-electron chi connectivity index (χ0n) is 11.8. The van der Waals surface area contributed by atoms with Gasteiger partial charge in [0.25, 0.3) is 0 Å². The molecule has 0 saturated carbocycles. The molecule has 1 aliphatic rings. The van der Waals surface area contributed by atoms with Gasteiger partial charge in [-0.2, -0.15) is 0 Å². The van der Waals surface area contributed by atoms with Gasteiger partial charge in [0.1, 0.15) is 0 Å². The lowest BCUT2D eigenvalue weighted by atomic mass is 9.95. The maximum Gasteiger partial charge on any atom is 0.0790 e. The molecular weight excluding hydrogens is 222 g/mol. The molecule has 0 fully saturated rings. The van der Waals surface area contributed by atoms with Gasteiger partial charge < -0.3 is 10.0 Å². The van der Waals surface area contributed by atoms with Crippen molar-refractivity contribution in [3.63, 3.8) is 0 Å². The molecular formula is C16H25NO. The highest BCUT2D eigenvalue weighted by Crippen LogP contribution is 2.31. The lowest BCUT2D eigenvalue weighted by Crippen LogP contribution is -2.35. The molecule has 0 amide bonds. The molecule has 1 aliphatic heterocycles. The molecule has 0 saturated heterocycles. The van der Waals surface area contributed by atoms with Crippen molar-refractivity contribution < 1.29 is 5.11 Å². The summed E-state index contributed by atoms with van der Waals surface area (Å²) in [4.78, 5) is 2.47. The van der Waals surface area contributed by atoms with E-state index in [1.165, 1.54) is 17.7 Å². The van der Waals surface area contributed by atoms with Crippen molar-refractivity contribution >= 4 is 5.69 Å². The van der Waals surface area contributed by atoms with Crippen LogP contribution in [0, 0.1) is 0 Å². The molecule has 0 bridgehead atoms. The summed E-state index contributed by atoms with van der Waals surface area (Å²) in [6, 6.07) is 7.06. The maximum atomic E-state index is 10.1. The molecule has 1 aromatic rings. The Hall–Kier alpha value is -1.02. The summed E-state index contributed by atoms with van der Waals surface area (Å²) in [6.07, 6.45) is 3.95. The van der Waals surface area contributed by atoms with E-state index in [1.807, 2.05) is 0 Å². The summed E-state index contributed by atoms with van der Waals surface area (Å²) in [5.41, 5.74) is 3.85. The van der Waals surface area contributed by atoms with Gasteiger partial charge in [-0.25, -0.2) is 0 Å². The Kier molecular flexibility index (Phi) is 4.28. The summed E-state index contributed by atoms with van der Waals surface area (Å²) >= 11 is 0. The molecule has 0 spiro atoms. The van der Waals surface area contributed by atoms with Crippen molar-refractivity contribution in [2.45, 2.75) is 58.6 Å². The average Bonchev–Trinajstić information content (AvgIpc) is 2.37. The van der Waals surface area contributed by atoms with Crippen LogP contribution in [0.5, 0.6) is 0 Å². The van der Waals surface area contributed by atoms with Gasteiger partial charge >= 0.3 is 0 Å². The highest BCUT2D eigenvalue weighted by atomic mass is 16.3. The number of aliphatic hydroxyl groups excluding tert-OH is 1. The predicted molar refractivity (Wildman–Crippen MR) is 77.1 cm³/mol. The third-order valence-electron chi connectivity index (χ3n) is 3.83. The fourth-order valence-corrected chi connectivity index (χ4v) is 2.83. The lowest BCUT2D eigenvalue weighted by Gasteiger charge is -2.35. The number of hydrogen-bond acceptors (Lipinski definition) is 2. The van der Waals surface area contributed by atoms with Crippen molar-refractivity contribution in [2.75, 3.05) is 11.4 Å². The molecule has 2 rings (SSSR count). The molecule has 0 radical (unpaired) electrons. The minimum atomic E-state index is -0.297. The van der Waals surface area contributed by atoms with Gasteiger partial charge in [-0.05, 0) is 50.3 Å². The van der Waals surface area contributed by atoms with Gasteiger partial charge in [0.2, 0.25) is 0 Å². The van der Waals surface area contributed by atoms with E-state index >= 15 is 0 Å². The second kappa shape index (κ2) is 5.75. The quantitative estimate of drug-likeness (QED) is 0.877. The lowest BCUT2D eigenvalue weighted by molar-refractivity contribution is 0.166. The van der Waals surface area contributed by atoms with Crippen molar-refractivity contribution in [3.8, 4) is 0 Å². The topological polar surface area (TPSA) is 23.5 Å². The van der Waals surface area contributed by atoms with Gasteiger partial charge in [0, 0.05) is 18.3 Å². The van der Waals surface area contributed by atoms with Gasteiger partial charge in [-0.1, -0.05) is 25.5 Å². The zero-order valence-corrected chi connectivity index (χ0v) is 11.8. The van der Waals surface area contributed by atoms with Crippen molar-refractivity contribution in [1.82, 2.24) is 0 Å². The molecule has 1 unspecified atom stereocenters. The first-order valence-corrected chi connectivity index (χ1v) is 7.21. The first-order chi connectivity index (χ1) is 8.63. The fraction of sp³-hybridized carbons (Fsp3) is 0.625. The van der Waals surface area contributed by atoms with Crippen LogP contribution in [0.1, 0.15) is 57.3 Å². The Bertz CT molecular complexity index is 400. The Balaban J connectivity index is 2.26. The van der Waals surface area contributed by atoms with Crippen LogP contribution < -0.4 is 4.90 Å². The van der Waals surface area contributed by atoms with Crippen LogP contribution in [0.15, 0.2) is 18.2 Å². The molecule has 100 valence electrons. The van der Waals surface area contributed by atoms with Gasteiger partial charge in [0.15, 0.2) is 0 Å². The molecule has 1 aromatic carbocycles. The number of hydrogen-bond donors (Lipinski definition) is 1. The van der Waals surface area contributed by atoms with Crippen LogP contribution in [-0.2, 0) is 6.42 Å². The van der Waals surface area contributed by atoms with Crippen molar-refractivity contribution in [1.29, 1.82) is 0 Å². The van der Waals surface area contributed by atoms with Crippen LogP contribution in [-0.4, -0.2) is 17.7 Å². The number of aryl methyl sites for hydroxylation is 1. The smallest absolute Gasteiger partial charge is 0.0790 e. The molecule has 0 aliphatic carbocycles. The van der Waals surface area contributed by atoms with E-state index in [-0.39, 0.29) is 6.10 Å². The number of nitrogens with zero attached hydrogens (tertiary/aromatic N) is 1. The second-order valence-electron chi connectivity index (χ2n) is 5.58. The molecule has 0 aromatic heterocycles.